The van der Waals surface area contributed by atoms with Crippen molar-refractivity contribution in [2.75, 3.05) is 19.8 Å². The van der Waals surface area contributed by atoms with E-state index >= 15 is 0 Å². The van der Waals surface area contributed by atoms with Gasteiger partial charge in [-0.2, -0.15) is 0 Å². The summed E-state index contributed by atoms with van der Waals surface area (Å²) in [6.45, 7) is 0.956. The molecule has 22 heavy (non-hydrogen) atoms. The SMILES string of the molecule is O=C(O)CC1COCCN1C(=O)c1[nH]c2ccccc2c1Cl. The number of ether oxygens (including phenoxy) is 1. The van der Waals surface area contributed by atoms with E-state index in [4.69, 9.17) is 21.4 Å². The lowest BCUT2D eigenvalue weighted by atomic mass is 10.1. The summed E-state index contributed by atoms with van der Waals surface area (Å²) in [4.78, 5) is 28.2. The van der Waals surface area contributed by atoms with Gasteiger partial charge in [0.2, 0.25) is 0 Å². The number of carboxylic acids is 1. The van der Waals surface area contributed by atoms with E-state index in [9.17, 15) is 9.59 Å². The number of aliphatic carboxylic acids is 1. The number of para-hydroxylation sites is 1. The molecule has 1 aromatic carbocycles. The van der Waals surface area contributed by atoms with Gasteiger partial charge in [0.15, 0.2) is 0 Å². The van der Waals surface area contributed by atoms with Crippen molar-refractivity contribution in [2.45, 2.75) is 12.5 Å². The summed E-state index contributed by atoms with van der Waals surface area (Å²) in [5.41, 5.74) is 1.07. The number of fused-ring (bicyclic) bond motifs is 1. The van der Waals surface area contributed by atoms with Gasteiger partial charge in [0.05, 0.1) is 30.7 Å². The van der Waals surface area contributed by atoms with E-state index in [-0.39, 0.29) is 18.9 Å². The second kappa shape index (κ2) is 5.98. The topological polar surface area (TPSA) is 82.6 Å². The van der Waals surface area contributed by atoms with E-state index in [1.807, 2.05) is 24.3 Å². The largest absolute Gasteiger partial charge is 0.481 e. The van der Waals surface area contributed by atoms with Crippen LogP contribution in [0.15, 0.2) is 24.3 Å². The predicted molar refractivity (Wildman–Crippen MR) is 81.2 cm³/mol. The second-order valence-corrected chi connectivity index (χ2v) is 5.56. The Morgan fingerprint density at radius 1 is 1.41 bits per heavy atom. The fourth-order valence-electron chi connectivity index (χ4n) is 2.69. The molecule has 1 amide bonds. The second-order valence-electron chi connectivity index (χ2n) is 5.18. The van der Waals surface area contributed by atoms with Crippen LogP contribution in [0.25, 0.3) is 10.9 Å². The third kappa shape index (κ3) is 2.67. The van der Waals surface area contributed by atoms with Gasteiger partial charge in [-0.1, -0.05) is 29.8 Å². The zero-order valence-corrected chi connectivity index (χ0v) is 12.5. The number of carbonyl (C=O) groups excluding carboxylic acids is 1. The number of aromatic amines is 1. The van der Waals surface area contributed by atoms with Crippen LogP contribution in [0.2, 0.25) is 5.02 Å². The van der Waals surface area contributed by atoms with Crippen molar-refractivity contribution in [2.24, 2.45) is 0 Å². The van der Waals surface area contributed by atoms with Gasteiger partial charge in [-0.05, 0) is 6.07 Å². The first kappa shape index (κ1) is 14.9. The molecule has 0 spiro atoms. The average molecular weight is 323 g/mol. The molecular formula is C15H15ClN2O4. The third-order valence-corrected chi connectivity index (χ3v) is 4.15. The molecule has 0 aliphatic carbocycles. The van der Waals surface area contributed by atoms with Crippen LogP contribution in [0.5, 0.6) is 0 Å². The molecule has 0 saturated carbocycles. The maximum Gasteiger partial charge on any atom is 0.305 e. The van der Waals surface area contributed by atoms with Crippen LogP contribution in [-0.4, -0.2) is 52.7 Å². The van der Waals surface area contributed by atoms with Crippen molar-refractivity contribution >= 4 is 34.4 Å². The molecule has 2 heterocycles. The van der Waals surface area contributed by atoms with Gasteiger partial charge in [-0.25, -0.2) is 0 Å². The Labute approximate surface area is 131 Å². The number of nitrogens with zero attached hydrogens (tertiary/aromatic N) is 1. The number of amides is 1. The van der Waals surface area contributed by atoms with Crippen molar-refractivity contribution in [1.82, 2.24) is 9.88 Å². The Hall–Kier alpha value is -2.05. The molecule has 1 aliphatic heterocycles. The normalized spacial score (nSPS) is 18.6. The summed E-state index contributed by atoms with van der Waals surface area (Å²) >= 11 is 6.30. The van der Waals surface area contributed by atoms with E-state index in [2.05, 4.69) is 4.98 Å². The minimum absolute atomic E-state index is 0.149. The number of hydrogen-bond donors (Lipinski definition) is 2. The van der Waals surface area contributed by atoms with E-state index in [1.54, 1.807) is 0 Å². The number of rotatable bonds is 3. The maximum absolute atomic E-state index is 12.7. The molecule has 2 N–H and O–H groups in total. The molecule has 116 valence electrons. The molecule has 6 nitrogen and oxygen atoms in total. The Bertz CT molecular complexity index is 727. The molecule has 1 saturated heterocycles. The lowest BCUT2D eigenvalue weighted by Crippen LogP contribution is -2.49. The van der Waals surface area contributed by atoms with Crippen LogP contribution < -0.4 is 0 Å². The summed E-state index contributed by atoms with van der Waals surface area (Å²) in [7, 11) is 0. The number of benzene rings is 1. The first-order valence-corrected chi connectivity index (χ1v) is 7.32. The molecule has 7 heteroatoms. The monoisotopic (exact) mass is 322 g/mol. The molecule has 1 atom stereocenters. The first-order chi connectivity index (χ1) is 10.6. The highest BCUT2D eigenvalue weighted by Gasteiger charge is 2.31. The molecule has 0 bridgehead atoms. The van der Waals surface area contributed by atoms with Crippen LogP contribution in [0.1, 0.15) is 16.9 Å². The van der Waals surface area contributed by atoms with Crippen LogP contribution >= 0.6 is 11.6 Å². The van der Waals surface area contributed by atoms with Crippen molar-refractivity contribution < 1.29 is 19.4 Å². The third-order valence-electron chi connectivity index (χ3n) is 3.76. The fourth-order valence-corrected chi connectivity index (χ4v) is 2.98. The average Bonchev–Trinajstić information content (AvgIpc) is 2.84. The predicted octanol–water partition coefficient (Wildman–Crippen LogP) is 2.14. The molecule has 3 rings (SSSR count). The Balaban J connectivity index is 1.93. The zero-order valence-electron chi connectivity index (χ0n) is 11.7. The summed E-state index contributed by atoms with van der Waals surface area (Å²) in [5, 5.41) is 10.1. The minimum Gasteiger partial charge on any atom is -0.481 e. The molecule has 1 aliphatic rings. The van der Waals surface area contributed by atoms with Crippen LogP contribution in [-0.2, 0) is 9.53 Å². The molecule has 1 unspecified atom stereocenters. The zero-order chi connectivity index (χ0) is 15.7. The molecule has 0 radical (unpaired) electrons. The highest BCUT2D eigenvalue weighted by molar-refractivity contribution is 6.38. The quantitative estimate of drug-likeness (QED) is 0.907. The molecular weight excluding hydrogens is 308 g/mol. The number of carboxylic acid groups (broad SMARTS) is 1. The van der Waals surface area contributed by atoms with Gasteiger partial charge in [0.1, 0.15) is 5.69 Å². The van der Waals surface area contributed by atoms with Crippen molar-refractivity contribution in [3.8, 4) is 0 Å². The van der Waals surface area contributed by atoms with E-state index in [0.29, 0.717) is 23.9 Å². The summed E-state index contributed by atoms with van der Waals surface area (Å²) in [6.07, 6.45) is -0.149. The first-order valence-electron chi connectivity index (χ1n) is 6.94. The number of nitrogens with one attached hydrogen (secondary N) is 1. The maximum atomic E-state index is 12.7. The smallest absolute Gasteiger partial charge is 0.305 e. The van der Waals surface area contributed by atoms with E-state index < -0.39 is 12.0 Å². The number of hydrogen-bond acceptors (Lipinski definition) is 3. The van der Waals surface area contributed by atoms with E-state index in [1.165, 1.54) is 4.90 Å². The van der Waals surface area contributed by atoms with E-state index in [0.717, 1.165) is 10.9 Å². The van der Waals surface area contributed by atoms with Gasteiger partial charge >= 0.3 is 5.97 Å². The standard InChI is InChI=1S/C15H15ClN2O4/c16-13-10-3-1-2-4-11(10)17-14(13)15(21)18-5-6-22-8-9(18)7-12(19)20/h1-4,9,17H,5-8H2,(H,19,20). The molecule has 1 aromatic heterocycles. The van der Waals surface area contributed by atoms with Gasteiger partial charge in [0, 0.05) is 17.4 Å². The van der Waals surface area contributed by atoms with Crippen molar-refractivity contribution in [3.63, 3.8) is 0 Å². The minimum atomic E-state index is -0.962. The van der Waals surface area contributed by atoms with Gasteiger partial charge in [0.25, 0.3) is 5.91 Å². The fraction of sp³-hybridized carbons (Fsp3) is 0.333. The lowest BCUT2D eigenvalue weighted by molar-refractivity contribution is -0.139. The highest BCUT2D eigenvalue weighted by Crippen LogP contribution is 2.29. The number of H-pyrrole nitrogens is 1. The Kier molecular flexibility index (Phi) is 4.04. The van der Waals surface area contributed by atoms with Crippen molar-refractivity contribution in [1.29, 1.82) is 0 Å². The summed E-state index contributed by atoms with van der Waals surface area (Å²) < 4.78 is 5.29. The van der Waals surface area contributed by atoms with Crippen LogP contribution in [0, 0.1) is 0 Å². The Morgan fingerprint density at radius 3 is 2.91 bits per heavy atom. The van der Waals surface area contributed by atoms with Gasteiger partial charge in [-0.3, -0.25) is 9.59 Å². The lowest BCUT2D eigenvalue weighted by Gasteiger charge is -2.34. The van der Waals surface area contributed by atoms with Gasteiger partial charge < -0.3 is 19.7 Å². The van der Waals surface area contributed by atoms with Gasteiger partial charge in [-0.15, -0.1) is 0 Å². The number of morpholine rings is 1. The molecule has 2 aromatic rings. The van der Waals surface area contributed by atoms with Crippen LogP contribution in [0.3, 0.4) is 0 Å². The van der Waals surface area contributed by atoms with Crippen LogP contribution in [0.4, 0.5) is 0 Å². The summed E-state index contributed by atoms with van der Waals surface area (Å²) in [6, 6.07) is 6.88. The highest BCUT2D eigenvalue weighted by atomic mass is 35.5. The summed E-state index contributed by atoms with van der Waals surface area (Å²) in [5.74, 6) is -1.26. The number of aromatic nitrogens is 1. The Morgan fingerprint density at radius 2 is 2.18 bits per heavy atom. The number of halogens is 1. The van der Waals surface area contributed by atoms with Crippen molar-refractivity contribution in [3.05, 3.63) is 35.0 Å². The number of carbonyl (C=O) groups is 2. The molecule has 1 fully saturated rings.